The fourth-order valence-electron chi connectivity index (χ4n) is 0.512. The van der Waals surface area contributed by atoms with Crippen LogP contribution < -0.4 is 11.5 Å². The third kappa shape index (κ3) is 0.598. The third-order valence-electron chi connectivity index (χ3n) is 0.958. The van der Waals surface area contributed by atoms with Gasteiger partial charge in [0.25, 0.3) is 0 Å². The first-order valence-corrected chi connectivity index (χ1v) is 2.22. The van der Waals surface area contributed by atoms with Gasteiger partial charge in [0.15, 0.2) is 0 Å². The predicted molar refractivity (Wildman–Crippen MR) is 28.6 cm³/mol. The first-order chi connectivity index (χ1) is 3.70. The summed E-state index contributed by atoms with van der Waals surface area (Å²) in [6.07, 6.45) is 1.52. The SMILES string of the molecule is NC(=O)N1C=C(N)C1. The maximum Gasteiger partial charge on any atom is 0.319 e. The lowest BCUT2D eigenvalue weighted by molar-refractivity contribution is 0.221. The van der Waals surface area contributed by atoms with Crippen molar-refractivity contribution in [3.05, 3.63) is 11.9 Å². The zero-order valence-electron chi connectivity index (χ0n) is 4.29. The Kier molecular flexibility index (Phi) is 0.865. The highest BCUT2D eigenvalue weighted by Crippen LogP contribution is 2.05. The molecule has 0 saturated carbocycles. The second-order valence-corrected chi connectivity index (χ2v) is 1.67. The van der Waals surface area contributed by atoms with E-state index in [0.717, 1.165) is 0 Å². The largest absolute Gasteiger partial charge is 0.399 e. The summed E-state index contributed by atoms with van der Waals surface area (Å²) in [6.45, 7) is 0.481. The van der Waals surface area contributed by atoms with Crippen molar-refractivity contribution in [1.82, 2.24) is 4.90 Å². The van der Waals surface area contributed by atoms with E-state index >= 15 is 0 Å². The summed E-state index contributed by atoms with van der Waals surface area (Å²) in [4.78, 5) is 11.5. The lowest BCUT2D eigenvalue weighted by atomic mass is 10.3. The number of carbonyl (C=O) groups is 1. The van der Waals surface area contributed by atoms with Crippen LogP contribution in [0.25, 0.3) is 0 Å². The second kappa shape index (κ2) is 1.40. The van der Waals surface area contributed by atoms with Crippen molar-refractivity contribution in [2.24, 2.45) is 11.5 Å². The van der Waals surface area contributed by atoms with Crippen molar-refractivity contribution >= 4 is 6.03 Å². The zero-order valence-corrected chi connectivity index (χ0v) is 4.29. The Balaban J connectivity index is 2.48. The van der Waals surface area contributed by atoms with E-state index in [9.17, 15) is 4.79 Å². The van der Waals surface area contributed by atoms with E-state index in [1.165, 1.54) is 11.1 Å². The third-order valence-corrected chi connectivity index (χ3v) is 0.958. The highest BCUT2D eigenvalue weighted by molar-refractivity contribution is 5.74. The minimum Gasteiger partial charge on any atom is -0.399 e. The molecule has 0 saturated heterocycles. The van der Waals surface area contributed by atoms with Crippen LogP contribution in [-0.2, 0) is 0 Å². The monoisotopic (exact) mass is 113 g/mol. The fraction of sp³-hybridized carbons (Fsp3) is 0.250. The maximum atomic E-state index is 10.2. The Labute approximate surface area is 46.7 Å². The Morgan fingerprint density at radius 2 is 2.38 bits per heavy atom. The number of amides is 2. The van der Waals surface area contributed by atoms with Gasteiger partial charge in [-0.05, 0) is 0 Å². The van der Waals surface area contributed by atoms with Crippen LogP contribution in [-0.4, -0.2) is 17.5 Å². The van der Waals surface area contributed by atoms with E-state index in [2.05, 4.69) is 0 Å². The normalized spacial score (nSPS) is 17.0. The number of primary amides is 1. The molecule has 1 aliphatic heterocycles. The number of urea groups is 1. The molecule has 0 spiro atoms. The van der Waals surface area contributed by atoms with Crippen LogP contribution in [0.15, 0.2) is 11.9 Å². The average molecular weight is 113 g/mol. The molecule has 4 nitrogen and oxygen atoms in total. The molecule has 4 heteroatoms. The number of nitrogens with zero attached hydrogens (tertiary/aromatic N) is 1. The first-order valence-electron chi connectivity index (χ1n) is 2.22. The second-order valence-electron chi connectivity index (χ2n) is 1.67. The minimum atomic E-state index is -0.445. The molecule has 44 valence electrons. The molecule has 0 fully saturated rings. The molecule has 0 aliphatic carbocycles. The zero-order chi connectivity index (χ0) is 6.15. The van der Waals surface area contributed by atoms with E-state index in [-0.39, 0.29) is 0 Å². The molecular formula is C4H7N3O. The van der Waals surface area contributed by atoms with Gasteiger partial charge < -0.3 is 11.5 Å². The Hall–Kier alpha value is -1.19. The van der Waals surface area contributed by atoms with Gasteiger partial charge in [0.2, 0.25) is 0 Å². The maximum absolute atomic E-state index is 10.2. The van der Waals surface area contributed by atoms with Gasteiger partial charge in [-0.1, -0.05) is 0 Å². The highest BCUT2D eigenvalue weighted by Gasteiger charge is 2.15. The quantitative estimate of drug-likeness (QED) is 0.431. The topological polar surface area (TPSA) is 72.4 Å². The fourth-order valence-corrected chi connectivity index (χ4v) is 0.512. The van der Waals surface area contributed by atoms with E-state index in [4.69, 9.17) is 11.5 Å². The van der Waals surface area contributed by atoms with E-state index in [0.29, 0.717) is 12.2 Å². The molecular weight excluding hydrogens is 106 g/mol. The van der Waals surface area contributed by atoms with Crippen LogP contribution in [0.1, 0.15) is 0 Å². The average Bonchev–Trinajstić information content (AvgIpc) is 1.57. The predicted octanol–water partition coefficient (Wildman–Crippen LogP) is -0.819. The molecule has 0 radical (unpaired) electrons. The summed E-state index contributed by atoms with van der Waals surface area (Å²) in [5.41, 5.74) is 10.8. The van der Waals surface area contributed by atoms with E-state index in [1.54, 1.807) is 0 Å². The van der Waals surface area contributed by atoms with Gasteiger partial charge in [-0.2, -0.15) is 0 Å². The highest BCUT2D eigenvalue weighted by atomic mass is 16.2. The Bertz CT molecular complexity index is 151. The number of carbonyl (C=O) groups excluding carboxylic acids is 1. The van der Waals surface area contributed by atoms with Crippen molar-refractivity contribution in [2.75, 3.05) is 6.54 Å². The summed E-state index contributed by atoms with van der Waals surface area (Å²) in [5, 5.41) is 0. The Morgan fingerprint density at radius 1 is 1.88 bits per heavy atom. The molecule has 2 amide bonds. The summed E-state index contributed by atoms with van der Waals surface area (Å²) in [5.74, 6) is 0. The number of hydrogen-bond donors (Lipinski definition) is 2. The molecule has 0 aromatic carbocycles. The number of rotatable bonds is 0. The molecule has 1 rings (SSSR count). The molecule has 1 aliphatic rings. The summed E-state index contributed by atoms with van der Waals surface area (Å²) < 4.78 is 0. The minimum absolute atomic E-state index is 0.445. The number of hydrogen-bond acceptors (Lipinski definition) is 2. The first kappa shape index (κ1) is 4.96. The standard InChI is InChI=1S/C4H7N3O/c5-3-1-7(2-3)4(6)8/h1H,2,5H2,(H2,6,8). The van der Waals surface area contributed by atoms with E-state index in [1.807, 2.05) is 0 Å². The summed E-state index contributed by atoms with van der Waals surface area (Å²) in [6, 6.07) is -0.445. The van der Waals surface area contributed by atoms with Crippen LogP contribution in [0.4, 0.5) is 4.79 Å². The molecule has 0 bridgehead atoms. The lowest BCUT2D eigenvalue weighted by Gasteiger charge is -2.24. The molecule has 4 N–H and O–H groups in total. The molecule has 1 heterocycles. The van der Waals surface area contributed by atoms with Gasteiger partial charge in [-0.3, -0.25) is 4.90 Å². The molecule has 0 unspecified atom stereocenters. The summed E-state index contributed by atoms with van der Waals surface area (Å²) >= 11 is 0. The van der Waals surface area contributed by atoms with Crippen LogP contribution in [0.5, 0.6) is 0 Å². The smallest absolute Gasteiger partial charge is 0.319 e. The van der Waals surface area contributed by atoms with Crippen molar-refractivity contribution in [1.29, 1.82) is 0 Å². The van der Waals surface area contributed by atoms with Gasteiger partial charge in [0.1, 0.15) is 0 Å². The van der Waals surface area contributed by atoms with Gasteiger partial charge in [0.05, 0.1) is 6.54 Å². The van der Waals surface area contributed by atoms with E-state index < -0.39 is 6.03 Å². The van der Waals surface area contributed by atoms with Gasteiger partial charge in [-0.15, -0.1) is 0 Å². The van der Waals surface area contributed by atoms with Crippen molar-refractivity contribution in [3.63, 3.8) is 0 Å². The van der Waals surface area contributed by atoms with Crippen LogP contribution in [0, 0.1) is 0 Å². The van der Waals surface area contributed by atoms with Crippen molar-refractivity contribution < 1.29 is 4.79 Å². The summed E-state index contributed by atoms with van der Waals surface area (Å²) in [7, 11) is 0. The van der Waals surface area contributed by atoms with Gasteiger partial charge in [0, 0.05) is 11.9 Å². The molecule has 8 heavy (non-hydrogen) atoms. The van der Waals surface area contributed by atoms with Crippen molar-refractivity contribution in [2.45, 2.75) is 0 Å². The number of nitrogens with two attached hydrogens (primary N) is 2. The van der Waals surface area contributed by atoms with Crippen LogP contribution in [0.3, 0.4) is 0 Å². The Morgan fingerprint density at radius 3 is 2.50 bits per heavy atom. The van der Waals surface area contributed by atoms with Gasteiger partial charge >= 0.3 is 6.03 Å². The lowest BCUT2D eigenvalue weighted by Crippen LogP contribution is -2.41. The molecule has 0 atom stereocenters. The van der Waals surface area contributed by atoms with Crippen LogP contribution >= 0.6 is 0 Å². The molecule has 0 aromatic rings. The van der Waals surface area contributed by atoms with Crippen LogP contribution in [0.2, 0.25) is 0 Å². The van der Waals surface area contributed by atoms with Gasteiger partial charge in [-0.25, -0.2) is 4.79 Å². The van der Waals surface area contributed by atoms with Crippen molar-refractivity contribution in [3.8, 4) is 0 Å². The molecule has 0 aromatic heterocycles.